The molecule has 0 atom stereocenters. The van der Waals surface area contributed by atoms with Crippen LogP contribution in [-0.2, 0) is 44.9 Å². The van der Waals surface area contributed by atoms with Gasteiger partial charge in [-0.1, -0.05) is 11.3 Å². The molecule has 1 aromatic carbocycles. The van der Waals surface area contributed by atoms with Crippen LogP contribution in [0.4, 0.5) is 5.00 Å². The molecule has 0 aliphatic rings. The lowest BCUT2D eigenvalue weighted by atomic mass is 10.1. The normalized spacial score (nSPS) is 11.8. The molecule has 2 heterocycles. The first-order chi connectivity index (χ1) is 21.8. The molecular weight excluding hydrogens is 663 g/mol. The molecule has 46 heavy (non-hydrogen) atoms. The molecular formula is C29H35N3O11S3. The maximum absolute atomic E-state index is 12.9. The quantitative estimate of drug-likeness (QED) is 0.140. The van der Waals surface area contributed by atoms with Crippen LogP contribution >= 0.6 is 22.7 Å². The van der Waals surface area contributed by atoms with Crippen LogP contribution < -0.4 is 10.1 Å². The molecule has 1 N–H and O–H groups in total. The monoisotopic (exact) mass is 697 g/mol. The highest BCUT2D eigenvalue weighted by molar-refractivity contribution is 7.92. The number of thiazole rings is 1. The Balaban J connectivity index is 1.85. The minimum Gasteiger partial charge on any atom is -0.462 e. The number of ether oxygens (including phenoxy) is 4. The standard InChI is InChI=1S/C29H35N3O11S3/c1-6-40-13-12-32-19-11-10-18(26(35)41-7-2)14-20(19)44-29(32)31-22(34)16-46(38,39)15-21(33)30-25-23(27(36)42-8-3)17(5)24(45-25)28(37)43-9-4/h10-11,14H,6-9,12-13,15-16H2,1-5H3,(H,30,33). The summed E-state index contributed by atoms with van der Waals surface area (Å²) in [6, 6.07) is 4.86. The van der Waals surface area contributed by atoms with Crippen LogP contribution in [-0.4, -0.2) is 87.2 Å². The average molecular weight is 698 g/mol. The summed E-state index contributed by atoms with van der Waals surface area (Å²) in [7, 11) is -4.33. The molecule has 0 saturated carbocycles. The van der Waals surface area contributed by atoms with Crippen LogP contribution in [0, 0.1) is 6.92 Å². The summed E-state index contributed by atoms with van der Waals surface area (Å²) in [5.74, 6) is -6.25. The van der Waals surface area contributed by atoms with Gasteiger partial charge in [0.05, 0.1) is 47.8 Å². The number of sulfone groups is 1. The summed E-state index contributed by atoms with van der Waals surface area (Å²) >= 11 is 1.82. The number of hydrogen-bond acceptors (Lipinski definition) is 13. The van der Waals surface area contributed by atoms with E-state index < -0.39 is 51.1 Å². The van der Waals surface area contributed by atoms with Crippen molar-refractivity contribution in [2.45, 2.75) is 41.2 Å². The molecule has 3 rings (SSSR count). The molecule has 2 aromatic heterocycles. The summed E-state index contributed by atoms with van der Waals surface area (Å²) in [5.41, 5.74) is 1.07. The second kappa shape index (κ2) is 16.6. The molecule has 0 aliphatic heterocycles. The molecule has 14 nitrogen and oxygen atoms in total. The number of benzene rings is 1. The minimum atomic E-state index is -4.33. The van der Waals surface area contributed by atoms with Crippen molar-refractivity contribution < 1.29 is 51.3 Å². The second-order valence-electron chi connectivity index (χ2n) is 9.42. The Morgan fingerprint density at radius 2 is 1.52 bits per heavy atom. The number of nitrogens with one attached hydrogen (secondary N) is 1. The van der Waals surface area contributed by atoms with E-state index in [1.165, 1.54) is 6.92 Å². The van der Waals surface area contributed by atoms with Crippen LogP contribution in [0.1, 0.15) is 63.6 Å². The number of thiophene rings is 1. The van der Waals surface area contributed by atoms with Gasteiger partial charge < -0.3 is 28.8 Å². The van der Waals surface area contributed by atoms with Gasteiger partial charge in [-0.15, -0.1) is 11.3 Å². The summed E-state index contributed by atoms with van der Waals surface area (Å²) < 4.78 is 48.6. The minimum absolute atomic E-state index is 0.0220. The van der Waals surface area contributed by atoms with Crippen molar-refractivity contribution in [1.29, 1.82) is 0 Å². The molecule has 2 amide bonds. The number of anilines is 1. The number of nitrogens with zero attached hydrogens (tertiary/aromatic N) is 2. The first-order valence-electron chi connectivity index (χ1n) is 14.3. The molecule has 0 spiro atoms. The maximum Gasteiger partial charge on any atom is 0.348 e. The van der Waals surface area contributed by atoms with E-state index in [0.717, 1.165) is 22.7 Å². The van der Waals surface area contributed by atoms with Crippen molar-refractivity contribution in [3.8, 4) is 0 Å². The Bertz CT molecular complexity index is 1800. The van der Waals surface area contributed by atoms with E-state index in [4.69, 9.17) is 18.9 Å². The molecule has 0 radical (unpaired) electrons. The van der Waals surface area contributed by atoms with Crippen molar-refractivity contribution in [2.75, 3.05) is 49.9 Å². The van der Waals surface area contributed by atoms with Crippen molar-refractivity contribution in [1.82, 2.24) is 4.57 Å². The number of esters is 3. The summed E-state index contributed by atoms with van der Waals surface area (Å²) in [4.78, 5) is 67.2. The van der Waals surface area contributed by atoms with Crippen LogP contribution in [0.2, 0.25) is 0 Å². The zero-order chi connectivity index (χ0) is 34.0. The Morgan fingerprint density at radius 1 is 0.870 bits per heavy atom. The Kier molecular flexibility index (Phi) is 13.2. The van der Waals surface area contributed by atoms with E-state index in [1.54, 1.807) is 43.5 Å². The van der Waals surface area contributed by atoms with Gasteiger partial charge in [-0.05, 0) is 58.4 Å². The lowest BCUT2D eigenvalue weighted by Gasteiger charge is -2.07. The van der Waals surface area contributed by atoms with Gasteiger partial charge in [-0.3, -0.25) is 9.59 Å². The Labute approximate surface area is 273 Å². The lowest BCUT2D eigenvalue weighted by Crippen LogP contribution is -2.28. The zero-order valence-corrected chi connectivity index (χ0v) is 28.4. The van der Waals surface area contributed by atoms with E-state index in [2.05, 4.69) is 10.3 Å². The predicted molar refractivity (Wildman–Crippen MR) is 171 cm³/mol. The third-order valence-corrected chi connectivity index (χ3v) is 9.73. The molecule has 3 aromatic rings. The van der Waals surface area contributed by atoms with Crippen molar-refractivity contribution >= 4 is 77.5 Å². The van der Waals surface area contributed by atoms with E-state index in [-0.39, 0.29) is 52.2 Å². The van der Waals surface area contributed by atoms with E-state index in [9.17, 15) is 32.4 Å². The highest BCUT2D eigenvalue weighted by Crippen LogP contribution is 2.34. The van der Waals surface area contributed by atoms with Crippen LogP contribution in [0.15, 0.2) is 23.2 Å². The number of aromatic nitrogens is 1. The van der Waals surface area contributed by atoms with Gasteiger partial charge in [0.25, 0.3) is 5.91 Å². The fraction of sp³-hybridized carbons (Fsp3) is 0.448. The largest absolute Gasteiger partial charge is 0.462 e. The highest BCUT2D eigenvalue weighted by atomic mass is 32.2. The molecule has 250 valence electrons. The molecule has 0 fully saturated rings. The Hall–Kier alpha value is -3.93. The number of rotatable bonds is 15. The molecule has 17 heteroatoms. The fourth-order valence-electron chi connectivity index (χ4n) is 4.20. The first kappa shape index (κ1) is 36.5. The Morgan fingerprint density at radius 3 is 2.17 bits per heavy atom. The van der Waals surface area contributed by atoms with Crippen LogP contribution in [0.3, 0.4) is 0 Å². The second-order valence-corrected chi connectivity index (χ2v) is 13.5. The van der Waals surface area contributed by atoms with E-state index >= 15 is 0 Å². The summed E-state index contributed by atoms with van der Waals surface area (Å²) in [6.45, 7) is 9.53. The topological polar surface area (TPSA) is 186 Å². The molecule has 0 aliphatic carbocycles. The SMILES string of the molecule is CCOCCn1c(=NC(=O)CS(=O)(=O)CC(=O)Nc2sc(C(=O)OCC)c(C)c2C(=O)OCC)sc2cc(C(=O)OCC)ccc21. The molecule has 0 bridgehead atoms. The number of carbonyl (C=O) groups is 5. The van der Waals surface area contributed by atoms with Crippen LogP contribution in [0.5, 0.6) is 0 Å². The van der Waals surface area contributed by atoms with E-state index in [1.807, 2.05) is 6.92 Å². The van der Waals surface area contributed by atoms with Crippen LogP contribution in [0.25, 0.3) is 10.2 Å². The maximum atomic E-state index is 12.9. The van der Waals surface area contributed by atoms with Gasteiger partial charge in [-0.2, -0.15) is 4.99 Å². The third-order valence-electron chi connectivity index (χ3n) is 6.11. The average Bonchev–Trinajstić information content (AvgIpc) is 3.48. The number of amides is 2. The summed E-state index contributed by atoms with van der Waals surface area (Å²) in [5, 5.41) is 2.28. The van der Waals surface area contributed by atoms with Gasteiger partial charge in [0.1, 0.15) is 21.4 Å². The fourth-order valence-corrected chi connectivity index (χ4v) is 7.43. The molecule has 0 saturated heterocycles. The van der Waals surface area contributed by atoms with Crippen molar-refractivity contribution in [2.24, 2.45) is 4.99 Å². The van der Waals surface area contributed by atoms with Gasteiger partial charge in [0, 0.05) is 13.2 Å². The van der Waals surface area contributed by atoms with Crippen molar-refractivity contribution in [3.63, 3.8) is 0 Å². The van der Waals surface area contributed by atoms with Gasteiger partial charge >= 0.3 is 17.9 Å². The predicted octanol–water partition coefficient (Wildman–Crippen LogP) is 3.12. The number of carbonyl (C=O) groups excluding carboxylic acids is 5. The smallest absolute Gasteiger partial charge is 0.348 e. The third kappa shape index (κ3) is 9.31. The van der Waals surface area contributed by atoms with Crippen molar-refractivity contribution in [3.05, 3.63) is 44.6 Å². The first-order valence-corrected chi connectivity index (χ1v) is 17.7. The lowest BCUT2D eigenvalue weighted by molar-refractivity contribution is -0.115. The van der Waals surface area contributed by atoms with Gasteiger partial charge in [0.2, 0.25) is 5.91 Å². The number of hydrogen-bond donors (Lipinski definition) is 1. The van der Waals surface area contributed by atoms with E-state index in [0.29, 0.717) is 28.9 Å². The zero-order valence-electron chi connectivity index (χ0n) is 26.0. The van der Waals surface area contributed by atoms with Gasteiger partial charge in [-0.25, -0.2) is 22.8 Å². The highest BCUT2D eigenvalue weighted by Gasteiger charge is 2.29. The molecule has 0 unspecified atom stereocenters. The van der Waals surface area contributed by atoms with Gasteiger partial charge in [0.15, 0.2) is 14.6 Å². The number of fused-ring (bicyclic) bond motifs is 1. The summed E-state index contributed by atoms with van der Waals surface area (Å²) in [6.07, 6.45) is 0.